The van der Waals surface area contributed by atoms with Gasteiger partial charge in [0.15, 0.2) is 0 Å². The van der Waals surface area contributed by atoms with Gasteiger partial charge in [0.25, 0.3) is 0 Å². The largest absolute Gasteiger partial charge is 0.508 e. The van der Waals surface area contributed by atoms with Gasteiger partial charge < -0.3 is 10.2 Å². The van der Waals surface area contributed by atoms with E-state index < -0.39 is 0 Å². The third-order valence-corrected chi connectivity index (χ3v) is 3.05. The van der Waals surface area contributed by atoms with Crippen LogP contribution in [-0.2, 0) is 12.8 Å². The van der Waals surface area contributed by atoms with Gasteiger partial charge in [0, 0.05) is 5.56 Å². The Morgan fingerprint density at radius 1 is 1.11 bits per heavy atom. The summed E-state index contributed by atoms with van der Waals surface area (Å²) in [5.41, 5.74) is 2.82. The summed E-state index contributed by atoms with van der Waals surface area (Å²) in [4.78, 5) is 0. The van der Waals surface area contributed by atoms with Gasteiger partial charge in [-0.1, -0.05) is 31.4 Å². The number of hydrogen-bond donors (Lipinski definition) is 2. The van der Waals surface area contributed by atoms with Crippen LogP contribution in [0.3, 0.4) is 0 Å². The standard InChI is InChI=1S/C16H24O2/c1-4-5-6-7-13-10-15(17)14(16(18)11-13)9-8-12(2)3/h8,10-11,17-18H,4-7,9H2,1-3H3. The van der Waals surface area contributed by atoms with Crippen LogP contribution in [0.15, 0.2) is 23.8 Å². The first kappa shape index (κ1) is 14.6. The average molecular weight is 248 g/mol. The van der Waals surface area contributed by atoms with Gasteiger partial charge in [0.05, 0.1) is 0 Å². The highest BCUT2D eigenvalue weighted by Crippen LogP contribution is 2.30. The number of aromatic hydroxyl groups is 2. The second kappa shape index (κ2) is 7.10. The molecule has 18 heavy (non-hydrogen) atoms. The van der Waals surface area contributed by atoms with Gasteiger partial charge in [-0.2, -0.15) is 0 Å². The van der Waals surface area contributed by atoms with E-state index in [1.54, 1.807) is 12.1 Å². The van der Waals surface area contributed by atoms with E-state index in [4.69, 9.17) is 0 Å². The van der Waals surface area contributed by atoms with Gasteiger partial charge in [-0.25, -0.2) is 0 Å². The number of phenols is 2. The normalized spacial score (nSPS) is 10.4. The Bertz CT molecular complexity index is 392. The summed E-state index contributed by atoms with van der Waals surface area (Å²) in [6.45, 7) is 6.18. The fourth-order valence-electron chi connectivity index (χ4n) is 1.94. The van der Waals surface area contributed by atoms with Gasteiger partial charge >= 0.3 is 0 Å². The molecule has 0 spiro atoms. The molecule has 1 aromatic rings. The summed E-state index contributed by atoms with van der Waals surface area (Å²) in [5.74, 6) is 0.415. The molecule has 0 atom stereocenters. The summed E-state index contributed by atoms with van der Waals surface area (Å²) >= 11 is 0. The van der Waals surface area contributed by atoms with Crippen LogP contribution in [0.25, 0.3) is 0 Å². The minimum absolute atomic E-state index is 0.207. The molecule has 0 saturated carbocycles. The molecule has 2 nitrogen and oxygen atoms in total. The molecule has 0 bridgehead atoms. The predicted octanol–water partition coefficient (Wildman–Crippen LogP) is 4.34. The lowest BCUT2D eigenvalue weighted by Gasteiger charge is -2.09. The lowest BCUT2D eigenvalue weighted by Crippen LogP contribution is -1.90. The molecule has 0 fully saturated rings. The van der Waals surface area contributed by atoms with Gasteiger partial charge in [0.1, 0.15) is 11.5 Å². The molecule has 0 aromatic heterocycles. The van der Waals surface area contributed by atoms with Gasteiger partial charge in [-0.15, -0.1) is 0 Å². The first-order valence-electron chi connectivity index (χ1n) is 6.71. The molecule has 0 radical (unpaired) electrons. The highest BCUT2D eigenvalue weighted by Gasteiger charge is 2.08. The highest BCUT2D eigenvalue weighted by atomic mass is 16.3. The van der Waals surface area contributed by atoms with Crippen molar-refractivity contribution in [2.75, 3.05) is 0 Å². The molecule has 2 heteroatoms. The summed E-state index contributed by atoms with van der Waals surface area (Å²) < 4.78 is 0. The molecular weight excluding hydrogens is 224 g/mol. The van der Waals surface area contributed by atoms with E-state index in [2.05, 4.69) is 6.92 Å². The van der Waals surface area contributed by atoms with Crippen molar-refractivity contribution in [1.82, 2.24) is 0 Å². The summed E-state index contributed by atoms with van der Waals surface area (Å²) in [6.07, 6.45) is 6.96. The van der Waals surface area contributed by atoms with E-state index in [-0.39, 0.29) is 11.5 Å². The van der Waals surface area contributed by atoms with E-state index in [9.17, 15) is 10.2 Å². The molecule has 0 saturated heterocycles. The fraction of sp³-hybridized carbons (Fsp3) is 0.500. The minimum atomic E-state index is 0.207. The zero-order valence-electron chi connectivity index (χ0n) is 11.7. The van der Waals surface area contributed by atoms with Crippen molar-refractivity contribution >= 4 is 0 Å². The van der Waals surface area contributed by atoms with Crippen molar-refractivity contribution in [3.05, 3.63) is 34.9 Å². The Balaban J connectivity index is 2.80. The van der Waals surface area contributed by atoms with Gasteiger partial charge in [-0.05, 0) is 50.8 Å². The SMILES string of the molecule is CCCCCc1cc(O)c(CC=C(C)C)c(O)c1. The third kappa shape index (κ3) is 4.44. The van der Waals surface area contributed by atoms with Crippen LogP contribution in [-0.4, -0.2) is 10.2 Å². The Hall–Kier alpha value is -1.44. The Morgan fingerprint density at radius 3 is 2.22 bits per heavy atom. The maximum absolute atomic E-state index is 9.95. The Labute approximate surface area is 110 Å². The smallest absolute Gasteiger partial charge is 0.123 e. The molecule has 100 valence electrons. The van der Waals surface area contributed by atoms with Crippen LogP contribution in [0.5, 0.6) is 11.5 Å². The van der Waals surface area contributed by atoms with Gasteiger partial charge in [-0.3, -0.25) is 0 Å². The van der Waals surface area contributed by atoms with Crippen molar-refractivity contribution in [1.29, 1.82) is 0 Å². The molecule has 0 unspecified atom stereocenters. The third-order valence-electron chi connectivity index (χ3n) is 3.05. The fourth-order valence-corrected chi connectivity index (χ4v) is 1.94. The second-order valence-corrected chi connectivity index (χ2v) is 5.06. The average Bonchev–Trinajstić information content (AvgIpc) is 2.28. The molecule has 1 aromatic carbocycles. The number of rotatable bonds is 6. The van der Waals surface area contributed by atoms with E-state index >= 15 is 0 Å². The minimum Gasteiger partial charge on any atom is -0.508 e. The number of unbranched alkanes of at least 4 members (excludes halogenated alkanes) is 2. The van der Waals surface area contributed by atoms with Crippen LogP contribution in [0, 0.1) is 0 Å². The monoisotopic (exact) mass is 248 g/mol. The number of hydrogen-bond acceptors (Lipinski definition) is 2. The van der Waals surface area contributed by atoms with Crippen molar-refractivity contribution < 1.29 is 10.2 Å². The lowest BCUT2D eigenvalue weighted by molar-refractivity contribution is 0.439. The zero-order chi connectivity index (χ0) is 13.5. The topological polar surface area (TPSA) is 40.5 Å². The molecule has 2 N–H and O–H groups in total. The Kier molecular flexibility index (Phi) is 5.76. The summed E-state index contributed by atoms with van der Waals surface area (Å²) in [6, 6.07) is 3.56. The van der Waals surface area contributed by atoms with E-state index in [1.807, 2.05) is 19.9 Å². The molecule has 0 aliphatic rings. The van der Waals surface area contributed by atoms with E-state index in [1.165, 1.54) is 18.4 Å². The van der Waals surface area contributed by atoms with E-state index in [0.29, 0.717) is 12.0 Å². The first-order valence-corrected chi connectivity index (χ1v) is 6.71. The molecule has 1 rings (SSSR count). The maximum Gasteiger partial charge on any atom is 0.123 e. The van der Waals surface area contributed by atoms with Crippen molar-refractivity contribution in [2.24, 2.45) is 0 Å². The quantitative estimate of drug-likeness (QED) is 0.580. The van der Waals surface area contributed by atoms with Crippen molar-refractivity contribution in [3.63, 3.8) is 0 Å². The molecule has 0 heterocycles. The molecular formula is C16H24O2. The number of aryl methyl sites for hydroxylation is 1. The summed E-state index contributed by atoms with van der Waals surface area (Å²) in [7, 11) is 0. The number of phenolic OH excluding ortho intramolecular Hbond substituents is 2. The van der Waals surface area contributed by atoms with Crippen LogP contribution in [0.4, 0.5) is 0 Å². The highest BCUT2D eigenvalue weighted by molar-refractivity contribution is 5.47. The molecule has 0 aliphatic carbocycles. The van der Waals surface area contributed by atoms with Crippen molar-refractivity contribution in [3.8, 4) is 11.5 Å². The number of benzene rings is 1. The first-order chi connectivity index (χ1) is 8.54. The van der Waals surface area contributed by atoms with Crippen LogP contribution < -0.4 is 0 Å². The molecule has 0 aliphatic heterocycles. The lowest BCUT2D eigenvalue weighted by atomic mass is 10.0. The van der Waals surface area contributed by atoms with Crippen molar-refractivity contribution in [2.45, 2.75) is 52.9 Å². The maximum atomic E-state index is 9.95. The van der Waals surface area contributed by atoms with Crippen LogP contribution in [0.1, 0.15) is 51.2 Å². The Morgan fingerprint density at radius 2 is 1.72 bits per heavy atom. The van der Waals surface area contributed by atoms with E-state index in [0.717, 1.165) is 18.4 Å². The number of allylic oxidation sites excluding steroid dienone is 2. The van der Waals surface area contributed by atoms with Crippen LogP contribution in [0.2, 0.25) is 0 Å². The summed E-state index contributed by atoms with van der Waals surface area (Å²) in [5, 5.41) is 19.9. The second-order valence-electron chi connectivity index (χ2n) is 5.06. The predicted molar refractivity (Wildman–Crippen MR) is 76.1 cm³/mol. The van der Waals surface area contributed by atoms with Gasteiger partial charge in [0.2, 0.25) is 0 Å². The zero-order valence-corrected chi connectivity index (χ0v) is 11.7. The molecule has 0 amide bonds. The van der Waals surface area contributed by atoms with Crippen LogP contribution >= 0.6 is 0 Å².